The average molecular weight is 614 g/mol. The largest absolute Gasteiger partial charge is 0.494 e. The van der Waals surface area contributed by atoms with E-state index < -0.39 is 0 Å². The van der Waals surface area contributed by atoms with E-state index in [1.54, 1.807) is 30.5 Å². The number of rotatable bonds is 9. The molecule has 2 heterocycles. The van der Waals surface area contributed by atoms with Crippen LogP contribution in [0.2, 0.25) is 5.02 Å². The third-order valence-electron chi connectivity index (χ3n) is 8.34. The molecule has 6 rings (SSSR count). The Morgan fingerprint density at radius 2 is 1.82 bits per heavy atom. The van der Waals surface area contributed by atoms with E-state index in [1.807, 2.05) is 30.3 Å². The van der Waals surface area contributed by atoms with Crippen molar-refractivity contribution in [2.45, 2.75) is 51.0 Å². The molecule has 7 nitrogen and oxygen atoms in total. The summed E-state index contributed by atoms with van der Waals surface area (Å²) in [6.07, 6.45) is 5.55. The van der Waals surface area contributed by atoms with Gasteiger partial charge in [-0.25, -0.2) is 4.39 Å². The van der Waals surface area contributed by atoms with Crippen LogP contribution in [0, 0.1) is 17.1 Å². The summed E-state index contributed by atoms with van der Waals surface area (Å²) in [4.78, 5) is 6.42. The van der Waals surface area contributed by atoms with Crippen molar-refractivity contribution in [2.75, 3.05) is 20.2 Å². The van der Waals surface area contributed by atoms with Crippen LogP contribution in [0.4, 0.5) is 4.39 Å². The highest BCUT2D eigenvalue weighted by Gasteiger charge is 2.29. The summed E-state index contributed by atoms with van der Waals surface area (Å²) in [5, 5.41) is 19.7. The van der Waals surface area contributed by atoms with Crippen molar-refractivity contribution >= 4 is 11.6 Å². The van der Waals surface area contributed by atoms with E-state index in [0.29, 0.717) is 34.2 Å². The number of aliphatic hydroxyl groups is 1. The van der Waals surface area contributed by atoms with Crippen molar-refractivity contribution in [1.82, 2.24) is 9.88 Å². The zero-order valence-electron chi connectivity index (χ0n) is 24.4. The van der Waals surface area contributed by atoms with Gasteiger partial charge < -0.3 is 19.3 Å². The van der Waals surface area contributed by atoms with Gasteiger partial charge in [0.25, 0.3) is 0 Å². The lowest BCUT2D eigenvalue weighted by Gasteiger charge is -2.30. The molecule has 1 aromatic heterocycles. The number of ether oxygens (including phenoxy) is 3. The van der Waals surface area contributed by atoms with Crippen LogP contribution in [-0.4, -0.2) is 41.3 Å². The van der Waals surface area contributed by atoms with Crippen molar-refractivity contribution < 1.29 is 23.7 Å². The molecule has 1 aliphatic carbocycles. The molecular formula is C35H33ClFN3O4. The SMILES string of the molecule is COc1cccc(-c2cccc3c2CC[C@@H]3Oc2cc(OCc3cncc(C#N)c3)c(CN3CCC(O)CC3)cc2Cl)c1F. The highest BCUT2D eigenvalue weighted by atomic mass is 35.5. The van der Waals surface area contributed by atoms with E-state index in [0.717, 1.165) is 66.6 Å². The van der Waals surface area contributed by atoms with Gasteiger partial charge in [-0.2, -0.15) is 5.26 Å². The lowest BCUT2D eigenvalue weighted by Crippen LogP contribution is -2.35. The number of hydrogen-bond donors (Lipinski definition) is 1. The molecule has 0 amide bonds. The molecule has 1 saturated heterocycles. The number of fused-ring (bicyclic) bond motifs is 1. The molecule has 0 radical (unpaired) electrons. The molecule has 44 heavy (non-hydrogen) atoms. The van der Waals surface area contributed by atoms with Gasteiger partial charge in [0.1, 0.15) is 30.3 Å². The van der Waals surface area contributed by atoms with E-state index in [2.05, 4.69) is 16.0 Å². The molecule has 0 spiro atoms. The summed E-state index contributed by atoms with van der Waals surface area (Å²) < 4.78 is 33.3. The number of nitriles is 1. The van der Waals surface area contributed by atoms with Gasteiger partial charge in [-0.05, 0) is 60.6 Å². The summed E-state index contributed by atoms with van der Waals surface area (Å²) in [7, 11) is 1.46. The Labute approximate surface area is 261 Å². The zero-order valence-corrected chi connectivity index (χ0v) is 25.2. The molecule has 1 atom stereocenters. The minimum Gasteiger partial charge on any atom is -0.494 e. The van der Waals surface area contributed by atoms with E-state index in [9.17, 15) is 10.4 Å². The Morgan fingerprint density at radius 3 is 2.61 bits per heavy atom. The molecule has 0 saturated carbocycles. The van der Waals surface area contributed by atoms with Crippen LogP contribution < -0.4 is 14.2 Å². The first kappa shape index (κ1) is 29.9. The highest BCUT2D eigenvalue weighted by Crippen LogP contribution is 2.44. The van der Waals surface area contributed by atoms with Crippen LogP contribution in [0.3, 0.4) is 0 Å². The number of halogens is 2. The van der Waals surface area contributed by atoms with Crippen molar-refractivity contribution in [3.8, 4) is 34.4 Å². The summed E-state index contributed by atoms with van der Waals surface area (Å²) in [6, 6.07) is 18.6. The van der Waals surface area contributed by atoms with Gasteiger partial charge >= 0.3 is 0 Å². The quantitative estimate of drug-likeness (QED) is 0.217. The summed E-state index contributed by atoms with van der Waals surface area (Å²) >= 11 is 6.84. The number of nitrogens with zero attached hydrogens (tertiary/aromatic N) is 3. The third-order valence-corrected chi connectivity index (χ3v) is 8.64. The van der Waals surface area contributed by atoms with Gasteiger partial charge in [0, 0.05) is 54.8 Å². The first-order valence-electron chi connectivity index (χ1n) is 14.7. The predicted octanol–water partition coefficient (Wildman–Crippen LogP) is 7.02. The number of likely N-dealkylation sites (tertiary alicyclic amines) is 1. The minimum atomic E-state index is -0.382. The molecule has 1 N–H and O–H groups in total. The van der Waals surface area contributed by atoms with E-state index in [4.69, 9.17) is 25.8 Å². The second-order valence-electron chi connectivity index (χ2n) is 11.2. The Hall–Kier alpha value is -4.16. The van der Waals surface area contributed by atoms with E-state index in [-0.39, 0.29) is 30.4 Å². The number of benzene rings is 3. The molecule has 0 unspecified atom stereocenters. The summed E-state index contributed by atoms with van der Waals surface area (Å²) in [5.74, 6) is 0.954. The average Bonchev–Trinajstić information content (AvgIpc) is 3.46. The summed E-state index contributed by atoms with van der Waals surface area (Å²) in [6.45, 7) is 2.39. The lowest BCUT2D eigenvalue weighted by molar-refractivity contribution is 0.0787. The van der Waals surface area contributed by atoms with Gasteiger partial charge in [0.2, 0.25) is 0 Å². The number of methoxy groups -OCH3 is 1. The molecule has 1 fully saturated rings. The number of pyridine rings is 1. The smallest absolute Gasteiger partial charge is 0.172 e. The van der Waals surface area contributed by atoms with Crippen LogP contribution in [0.15, 0.2) is 67.0 Å². The fraction of sp³-hybridized carbons (Fsp3) is 0.314. The Morgan fingerprint density at radius 1 is 1.02 bits per heavy atom. The van der Waals surface area contributed by atoms with Gasteiger partial charge in [-0.1, -0.05) is 41.9 Å². The fourth-order valence-electron chi connectivity index (χ4n) is 6.05. The molecule has 3 aromatic carbocycles. The number of aromatic nitrogens is 1. The third kappa shape index (κ3) is 6.36. The van der Waals surface area contributed by atoms with Crippen molar-refractivity contribution in [2.24, 2.45) is 0 Å². The molecule has 4 aromatic rings. The van der Waals surface area contributed by atoms with Gasteiger partial charge in [0.05, 0.1) is 23.8 Å². The van der Waals surface area contributed by atoms with Crippen LogP contribution in [0.1, 0.15) is 53.2 Å². The van der Waals surface area contributed by atoms with Gasteiger partial charge in [-0.15, -0.1) is 0 Å². The molecule has 226 valence electrons. The highest BCUT2D eigenvalue weighted by molar-refractivity contribution is 6.32. The molecule has 9 heteroatoms. The van der Waals surface area contributed by atoms with Gasteiger partial charge in [0.15, 0.2) is 11.6 Å². The van der Waals surface area contributed by atoms with Gasteiger partial charge in [-0.3, -0.25) is 9.88 Å². The monoisotopic (exact) mass is 613 g/mol. The Kier molecular flexibility index (Phi) is 8.99. The normalized spacial score (nSPS) is 16.8. The second-order valence-corrected chi connectivity index (χ2v) is 11.6. The molecule has 0 bridgehead atoms. The van der Waals surface area contributed by atoms with Crippen LogP contribution >= 0.6 is 11.6 Å². The number of piperidine rings is 1. The standard InChI is InChI=1S/C35H33ClFN3O4/c1-42-32-7-3-6-29(35(32)37)26-4-2-5-28-27(26)8-9-31(28)44-34-16-33(43-21-23-14-22(17-38)18-39-19-23)24(15-30(34)36)20-40-12-10-25(41)11-13-40/h2-7,14-16,18-19,25,31,41H,8-13,20-21H2,1H3/t31-/m0/s1. The van der Waals surface area contributed by atoms with Crippen molar-refractivity contribution in [3.05, 3.63) is 106 Å². The Balaban J connectivity index is 1.28. The van der Waals surface area contributed by atoms with Crippen LogP contribution in [0.5, 0.6) is 17.2 Å². The van der Waals surface area contributed by atoms with E-state index >= 15 is 4.39 Å². The maximum absolute atomic E-state index is 15.2. The molecular weight excluding hydrogens is 581 g/mol. The van der Waals surface area contributed by atoms with Crippen molar-refractivity contribution in [3.63, 3.8) is 0 Å². The first-order chi connectivity index (χ1) is 21.4. The second kappa shape index (κ2) is 13.2. The topological polar surface area (TPSA) is 87.8 Å². The molecule has 1 aliphatic heterocycles. The maximum Gasteiger partial charge on any atom is 0.172 e. The maximum atomic E-state index is 15.2. The summed E-state index contributed by atoms with van der Waals surface area (Å²) in [5.41, 5.74) is 5.52. The Bertz CT molecular complexity index is 1700. The molecule has 2 aliphatic rings. The van der Waals surface area contributed by atoms with E-state index in [1.165, 1.54) is 13.3 Å². The first-order valence-corrected chi connectivity index (χ1v) is 15.1. The van der Waals surface area contributed by atoms with Crippen LogP contribution in [-0.2, 0) is 19.6 Å². The zero-order chi connectivity index (χ0) is 30.6. The van der Waals surface area contributed by atoms with Crippen molar-refractivity contribution in [1.29, 1.82) is 5.26 Å². The number of aliphatic hydroxyl groups excluding tert-OH is 1. The van der Waals surface area contributed by atoms with Crippen LogP contribution in [0.25, 0.3) is 11.1 Å². The lowest BCUT2D eigenvalue weighted by atomic mass is 9.96. The fourth-order valence-corrected chi connectivity index (χ4v) is 6.28. The number of hydrogen-bond acceptors (Lipinski definition) is 7. The minimum absolute atomic E-state index is 0.209. The predicted molar refractivity (Wildman–Crippen MR) is 165 cm³/mol.